The van der Waals surface area contributed by atoms with Crippen LogP contribution in [0.4, 0.5) is 0 Å². The largest absolute Gasteiger partial charge is 0.427 e. The van der Waals surface area contributed by atoms with Gasteiger partial charge >= 0.3 is 5.97 Å². The number of hydrogen-bond donors (Lipinski definition) is 1. The molecule has 0 rings (SSSR count). The van der Waals surface area contributed by atoms with E-state index in [2.05, 4.69) is 6.58 Å². The second-order valence-electron chi connectivity index (χ2n) is 4.47. The van der Waals surface area contributed by atoms with Crippen LogP contribution >= 0.6 is 0 Å². The van der Waals surface area contributed by atoms with Gasteiger partial charge in [0.2, 0.25) is 5.79 Å². The van der Waals surface area contributed by atoms with Crippen LogP contribution < -0.4 is 0 Å². The Labute approximate surface area is 115 Å². The fourth-order valence-corrected chi connectivity index (χ4v) is 1.36. The Kier molecular flexibility index (Phi) is 9.47. The summed E-state index contributed by atoms with van der Waals surface area (Å²) in [7, 11) is 0. The number of ether oxygens (including phenoxy) is 3. The molecule has 1 unspecified atom stereocenters. The van der Waals surface area contributed by atoms with E-state index in [0.29, 0.717) is 26.2 Å². The molecule has 0 aliphatic carbocycles. The smallest absolute Gasteiger partial charge is 0.335 e. The van der Waals surface area contributed by atoms with E-state index in [4.69, 9.17) is 14.2 Å². The molecule has 1 atom stereocenters. The van der Waals surface area contributed by atoms with E-state index in [-0.39, 0.29) is 12.2 Å². The highest BCUT2D eigenvalue weighted by Gasteiger charge is 2.31. The molecule has 0 saturated carbocycles. The van der Waals surface area contributed by atoms with Gasteiger partial charge in [0.25, 0.3) is 0 Å². The number of aliphatic hydroxyl groups is 1. The zero-order valence-electron chi connectivity index (χ0n) is 12.2. The predicted octanol–water partition coefficient (Wildman–Crippen LogP) is 2.04. The topological polar surface area (TPSA) is 65.0 Å². The first kappa shape index (κ1) is 18.1. The molecule has 0 fully saturated rings. The van der Waals surface area contributed by atoms with Gasteiger partial charge in [0.1, 0.15) is 6.61 Å². The Morgan fingerprint density at radius 1 is 1.26 bits per heavy atom. The molecule has 0 aromatic rings. The molecule has 0 bridgehead atoms. The maximum atomic E-state index is 11.5. The first-order valence-corrected chi connectivity index (χ1v) is 6.72. The summed E-state index contributed by atoms with van der Waals surface area (Å²) in [5.41, 5.74) is 0.254. The van der Waals surface area contributed by atoms with E-state index >= 15 is 0 Å². The van der Waals surface area contributed by atoms with Gasteiger partial charge in [-0.3, -0.25) is 0 Å². The van der Waals surface area contributed by atoms with Gasteiger partial charge < -0.3 is 19.3 Å². The molecule has 0 aliphatic rings. The van der Waals surface area contributed by atoms with Crippen molar-refractivity contribution in [1.82, 2.24) is 0 Å². The second-order valence-corrected chi connectivity index (χ2v) is 4.47. The Morgan fingerprint density at radius 3 is 2.42 bits per heavy atom. The summed E-state index contributed by atoms with van der Waals surface area (Å²) < 4.78 is 15.5. The molecule has 5 heteroatoms. The summed E-state index contributed by atoms with van der Waals surface area (Å²) in [5.74, 6) is -2.19. The van der Waals surface area contributed by atoms with Crippen molar-refractivity contribution in [2.24, 2.45) is 0 Å². The van der Waals surface area contributed by atoms with Crippen molar-refractivity contribution >= 4 is 5.97 Å². The van der Waals surface area contributed by atoms with Crippen LogP contribution in [0.2, 0.25) is 0 Å². The van der Waals surface area contributed by atoms with Crippen molar-refractivity contribution < 1.29 is 24.1 Å². The Balaban J connectivity index is 4.25. The lowest BCUT2D eigenvalue weighted by Crippen LogP contribution is -2.40. The van der Waals surface area contributed by atoms with Crippen LogP contribution in [0, 0.1) is 0 Å². The van der Waals surface area contributed by atoms with Crippen molar-refractivity contribution in [1.29, 1.82) is 0 Å². The zero-order chi connectivity index (χ0) is 14.7. The first-order valence-electron chi connectivity index (χ1n) is 6.72. The monoisotopic (exact) mass is 274 g/mol. The lowest BCUT2D eigenvalue weighted by atomic mass is 10.1. The van der Waals surface area contributed by atoms with E-state index in [1.807, 2.05) is 13.8 Å². The van der Waals surface area contributed by atoms with Gasteiger partial charge in [-0.2, -0.15) is 0 Å². The predicted molar refractivity (Wildman–Crippen MR) is 72.7 cm³/mol. The molecule has 0 amide bonds. The van der Waals surface area contributed by atoms with Crippen LogP contribution in [0.15, 0.2) is 12.2 Å². The molecule has 0 radical (unpaired) electrons. The highest BCUT2D eigenvalue weighted by atomic mass is 16.7. The number of esters is 1. The minimum Gasteiger partial charge on any atom is -0.427 e. The average molecular weight is 274 g/mol. The number of hydrogen-bond acceptors (Lipinski definition) is 5. The molecule has 0 saturated heterocycles. The molecule has 19 heavy (non-hydrogen) atoms. The summed E-state index contributed by atoms with van der Waals surface area (Å²) in [6, 6.07) is 0. The summed E-state index contributed by atoms with van der Waals surface area (Å²) in [6.45, 7) is 10.3. The Bertz CT molecular complexity index is 277. The van der Waals surface area contributed by atoms with Crippen molar-refractivity contribution in [2.45, 2.75) is 45.8 Å². The van der Waals surface area contributed by atoms with Crippen LogP contribution in [-0.2, 0) is 19.0 Å². The number of carbonyl (C=O) groups is 1. The lowest BCUT2D eigenvalue weighted by Gasteiger charge is -2.27. The minimum absolute atomic E-state index is 0.0565. The number of unbranched alkanes of at least 4 members (excludes halogenated alkanes) is 1. The summed E-state index contributed by atoms with van der Waals surface area (Å²) in [5, 5.41) is 10.3. The summed E-state index contributed by atoms with van der Waals surface area (Å²) in [6.07, 6.45) is 1.98. The normalized spacial score (nSPS) is 13.9. The standard InChI is InChI=1S/C14H26O5/c1-5-7-8-14(16,19-13(15)12(3)4)11-18-10-9-17-6-2/h16H,3,5-11H2,1-2,4H3. The third-order valence-corrected chi connectivity index (χ3v) is 2.46. The van der Waals surface area contributed by atoms with E-state index < -0.39 is 11.8 Å². The summed E-state index contributed by atoms with van der Waals surface area (Å²) in [4.78, 5) is 11.5. The summed E-state index contributed by atoms with van der Waals surface area (Å²) >= 11 is 0. The molecule has 1 N–H and O–H groups in total. The van der Waals surface area contributed by atoms with Crippen LogP contribution in [-0.4, -0.2) is 43.3 Å². The van der Waals surface area contributed by atoms with E-state index in [1.54, 1.807) is 6.92 Å². The highest BCUT2D eigenvalue weighted by Crippen LogP contribution is 2.18. The molecular formula is C14H26O5. The number of carbonyl (C=O) groups excluding carboxylic acids is 1. The van der Waals surface area contributed by atoms with Crippen LogP contribution in [0.5, 0.6) is 0 Å². The second kappa shape index (κ2) is 9.95. The fourth-order valence-electron chi connectivity index (χ4n) is 1.36. The molecule has 112 valence electrons. The van der Waals surface area contributed by atoms with Gasteiger partial charge in [-0.15, -0.1) is 0 Å². The third kappa shape index (κ3) is 8.75. The molecule has 0 spiro atoms. The molecule has 0 aliphatic heterocycles. The third-order valence-electron chi connectivity index (χ3n) is 2.46. The van der Waals surface area contributed by atoms with Crippen molar-refractivity contribution in [3.63, 3.8) is 0 Å². The Morgan fingerprint density at radius 2 is 1.89 bits per heavy atom. The van der Waals surface area contributed by atoms with Crippen molar-refractivity contribution in [3.8, 4) is 0 Å². The van der Waals surface area contributed by atoms with Crippen molar-refractivity contribution in [3.05, 3.63) is 12.2 Å². The molecule has 0 aromatic heterocycles. The Hall–Kier alpha value is -0.910. The van der Waals surface area contributed by atoms with Crippen LogP contribution in [0.3, 0.4) is 0 Å². The first-order chi connectivity index (χ1) is 8.95. The van der Waals surface area contributed by atoms with E-state index in [0.717, 1.165) is 12.8 Å². The van der Waals surface area contributed by atoms with Gasteiger partial charge in [0.15, 0.2) is 0 Å². The van der Waals surface area contributed by atoms with Crippen LogP contribution in [0.1, 0.15) is 40.0 Å². The van der Waals surface area contributed by atoms with Gasteiger partial charge in [-0.05, 0) is 20.3 Å². The highest BCUT2D eigenvalue weighted by molar-refractivity contribution is 5.87. The van der Waals surface area contributed by atoms with Crippen LogP contribution in [0.25, 0.3) is 0 Å². The molecular weight excluding hydrogens is 248 g/mol. The maximum Gasteiger partial charge on any atom is 0.335 e. The van der Waals surface area contributed by atoms with Gasteiger partial charge in [-0.25, -0.2) is 4.79 Å². The quantitative estimate of drug-likeness (QED) is 0.270. The average Bonchev–Trinajstić information content (AvgIpc) is 2.36. The minimum atomic E-state index is -1.59. The van der Waals surface area contributed by atoms with Crippen molar-refractivity contribution in [2.75, 3.05) is 26.4 Å². The zero-order valence-corrected chi connectivity index (χ0v) is 12.2. The SMILES string of the molecule is C=C(C)C(=O)OC(O)(CCCC)COCCOCC. The van der Waals surface area contributed by atoms with Gasteiger partial charge in [-0.1, -0.05) is 19.9 Å². The maximum absolute atomic E-state index is 11.5. The molecule has 5 nitrogen and oxygen atoms in total. The van der Waals surface area contributed by atoms with Gasteiger partial charge in [0.05, 0.1) is 13.2 Å². The van der Waals surface area contributed by atoms with E-state index in [1.165, 1.54) is 0 Å². The van der Waals surface area contributed by atoms with E-state index in [9.17, 15) is 9.90 Å². The fraction of sp³-hybridized carbons (Fsp3) is 0.786. The van der Waals surface area contributed by atoms with Gasteiger partial charge in [0, 0.05) is 18.6 Å². The number of rotatable bonds is 11. The molecule has 0 heterocycles. The molecule has 0 aromatic carbocycles. The lowest BCUT2D eigenvalue weighted by molar-refractivity contribution is -0.229.